The minimum Gasteiger partial charge on any atom is -0.492 e. The van der Waals surface area contributed by atoms with E-state index in [1.165, 1.54) is 12.3 Å². The van der Waals surface area contributed by atoms with Crippen LogP contribution in [-0.4, -0.2) is 33.4 Å². The Morgan fingerprint density at radius 3 is 2.86 bits per heavy atom. The Hall–Kier alpha value is -3.06. The molecule has 2 aromatic heterocycles. The third-order valence-corrected chi connectivity index (χ3v) is 3.93. The lowest BCUT2D eigenvalue weighted by molar-refractivity contribution is 0.102. The molecule has 0 bridgehead atoms. The first-order chi connectivity index (χ1) is 13.5. The van der Waals surface area contributed by atoms with Crippen LogP contribution in [0.5, 0.6) is 11.6 Å². The molecule has 28 heavy (non-hydrogen) atoms. The van der Waals surface area contributed by atoms with E-state index >= 15 is 0 Å². The number of aromatic nitrogens is 3. The van der Waals surface area contributed by atoms with E-state index in [9.17, 15) is 4.79 Å². The van der Waals surface area contributed by atoms with Crippen LogP contribution in [-0.2, 0) is 6.54 Å². The summed E-state index contributed by atoms with van der Waals surface area (Å²) in [6.07, 6.45) is 4.97. The number of nitrogens with one attached hydrogen (secondary N) is 1. The second-order valence-corrected chi connectivity index (χ2v) is 6.68. The van der Waals surface area contributed by atoms with E-state index in [1.807, 2.05) is 38.2 Å². The number of nitrogens with zero attached hydrogens (tertiary/aromatic N) is 3. The molecule has 2 heterocycles. The highest BCUT2D eigenvalue weighted by molar-refractivity contribution is 6.32. The first-order valence-corrected chi connectivity index (χ1v) is 9.23. The number of pyridine rings is 1. The molecule has 3 aromatic rings. The average molecular weight is 401 g/mol. The topological polar surface area (TPSA) is 78.3 Å². The molecule has 0 unspecified atom stereocenters. The summed E-state index contributed by atoms with van der Waals surface area (Å²) >= 11 is 6.15. The van der Waals surface area contributed by atoms with Gasteiger partial charge in [-0.25, -0.2) is 4.98 Å². The van der Waals surface area contributed by atoms with Gasteiger partial charge in [-0.1, -0.05) is 17.7 Å². The Morgan fingerprint density at radius 1 is 1.29 bits per heavy atom. The zero-order valence-electron chi connectivity index (χ0n) is 15.6. The van der Waals surface area contributed by atoms with Crippen LogP contribution in [0.2, 0.25) is 5.02 Å². The molecule has 7 nitrogen and oxygen atoms in total. The number of carbonyl (C=O) groups excluding carboxylic acids is 1. The summed E-state index contributed by atoms with van der Waals surface area (Å²) in [7, 11) is 0. The Morgan fingerprint density at radius 2 is 2.14 bits per heavy atom. The van der Waals surface area contributed by atoms with Gasteiger partial charge in [-0.15, -0.1) is 0 Å². The third-order valence-electron chi connectivity index (χ3n) is 3.66. The molecule has 0 aliphatic heterocycles. The summed E-state index contributed by atoms with van der Waals surface area (Å²) in [5.74, 6) is 0.641. The minimum absolute atomic E-state index is 0.0549. The van der Waals surface area contributed by atoms with Crippen molar-refractivity contribution >= 4 is 23.2 Å². The highest BCUT2D eigenvalue weighted by Crippen LogP contribution is 2.24. The number of rotatable bonds is 8. The number of halogens is 1. The van der Waals surface area contributed by atoms with Crippen molar-refractivity contribution in [1.29, 1.82) is 0 Å². The SMILES string of the molecule is CC(C)Oc1ncc(C(=O)Nc2cccc(OCCn3cccn3)c2)cc1Cl. The fourth-order valence-electron chi connectivity index (χ4n) is 2.42. The molecule has 0 saturated carbocycles. The van der Waals surface area contributed by atoms with Crippen LogP contribution in [0.25, 0.3) is 0 Å². The second-order valence-electron chi connectivity index (χ2n) is 6.28. The van der Waals surface area contributed by atoms with Crippen molar-refractivity contribution in [3.8, 4) is 11.6 Å². The molecule has 0 saturated heterocycles. The van der Waals surface area contributed by atoms with Crippen molar-refractivity contribution in [2.75, 3.05) is 11.9 Å². The van der Waals surface area contributed by atoms with Gasteiger partial charge in [0.2, 0.25) is 5.88 Å². The number of hydrogen-bond donors (Lipinski definition) is 1. The first-order valence-electron chi connectivity index (χ1n) is 8.85. The molecule has 0 atom stereocenters. The van der Waals surface area contributed by atoms with Gasteiger partial charge in [0.1, 0.15) is 17.4 Å². The van der Waals surface area contributed by atoms with Crippen molar-refractivity contribution in [2.24, 2.45) is 0 Å². The molecule has 146 valence electrons. The summed E-state index contributed by atoms with van der Waals surface area (Å²) in [4.78, 5) is 16.6. The van der Waals surface area contributed by atoms with E-state index in [0.717, 1.165) is 0 Å². The van der Waals surface area contributed by atoms with Crippen LogP contribution in [0.4, 0.5) is 5.69 Å². The predicted octanol–water partition coefficient (Wildman–Crippen LogP) is 4.05. The molecule has 0 radical (unpaired) electrons. The van der Waals surface area contributed by atoms with Crippen LogP contribution >= 0.6 is 11.6 Å². The molecule has 0 spiro atoms. The summed E-state index contributed by atoms with van der Waals surface area (Å²) in [5, 5.41) is 7.22. The van der Waals surface area contributed by atoms with Crippen LogP contribution in [0, 0.1) is 0 Å². The standard InChI is InChI=1S/C20H21ClN4O3/c1-14(2)28-20-18(21)11-15(13-22-20)19(26)24-16-5-3-6-17(12-16)27-10-9-25-8-4-7-23-25/h3-8,11-14H,9-10H2,1-2H3,(H,24,26). The van der Waals surface area contributed by atoms with Gasteiger partial charge in [-0.05, 0) is 38.1 Å². The Kier molecular flexibility index (Phi) is 6.49. The van der Waals surface area contributed by atoms with Gasteiger partial charge in [0.15, 0.2) is 0 Å². The van der Waals surface area contributed by atoms with Gasteiger partial charge in [-0.3, -0.25) is 9.48 Å². The number of carbonyl (C=O) groups is 1. The maximum absolute atomic E-state index is 12.5. The van der Waals surface area contributed by atoms with Gasteiger partial charge in [0.05, 0.1) is 18.2 Å². The summed E-state index contributed by atoms with van der Waals surface area (Å²) in [6, 6.07) is 10.6. The monoisotopic (exact) mass is 400 g/mol. The fraction of sp³-hybridized carbons (Fsp3) is 0.250. The zero-order chi connectivity index (χ0) is 19.9. The van der Waals surface area contributed by atoms with E-state index in [2.05, 4.69) is 15.4 Å². The number of ether oxygens (including phenoxy) is 2. The predicted molar refractivity (Wildman–Crippen MR) is 107 cm³/mol. The Labute approximate surface area is 168 Å². The van der Waals surface area contributed by atoms with E-state index in [-0.39, 0.29) is 17.0 Å². The molecule has 3 rings (SSSR count). The van der Waals surface area contributed by atoms with E-state index in [4.69, 9.17) is 21.1 Å². The molecule has 0 aliphatic rings. The lowest BCUT2D eigenvalue weighted by Gasteiger charge is -2.12. The number of amides is 1. The van der Waals surface area contributed by atoms with Gasteiger partial charge in [-0.2, -0.15) is 5.10 Å². The average Bonchev–Trinajstić information content (AvgIpc) is 3.17. The van der Waals surface area contributed by atoms with Crippen LogP contribution in [0.15, 0.2) is 55.0 Å². The summed E-state index contributed by atoms with van der Waals surface area (Å²) in [5.41, 5.74) is 0.950. The quantitative estimate of drug-likeness (QED) is 0.617. The highest BCUT2D eigenvalue weighted by Gasteiger charge is 2.12. The number of benzene rings is 1. The van der Waals surface area contributed by atoms with Gasteiger partial charge in [0, 0.05) is 30.3 Å². The molecule has 8 heteroatoms. The smallest absolute Gasteiger partial charge is 0.257 e. The first kappa shape index (κ1) is 19.7. The highest BCUT2D eigenvalue weighted by atomic mass is 35.5. The second kappa shape index (κ2) is 9.23. The maximum Gasteiger partial charge on any atom is 0.257 e. The molecular weight excluding hydrogens is 380 g/mol. The van der Waals surface area contributed by atoms with Gasteiger partial charge >= 0.3 is 0 Å². The number of hydrogen-bond acceptors (Lipinski definition) is 5. The lowest BCUT2D eigenvalue weighted by Crippen LogP contribution is -2.13. The fourth-order valence-corrected chi connectivity index (χ4v) is 2.63. The van der Waals surface area contributed by atoms with Crippen molar-refractivity contribution in [3.63, 3.8) is 0 Å². The Bertz CT molecular complexity index is 929. The molecule has 1 amide bonds. The molecule has 0 fully saturated rings. The van der Waals surface area contributed by atoms with Crippen molar-refractivity contribution < 1.29 is 14.3 Å². The van der Waals surface area contributed by atoms with Crippen LogP contribution < -0.4 is 14.8 Å². The van der Waals surface area contributed by atoms with E-state index in [1.54, 1.807) is 23.0 Å². The molecule has 0 aliphatic carbocycles. The molecular formula is C20H21ClN4O3. The van der Waals surface area contributed by atoms with E-state index < -0.39 is 0 Å². The van der Waals surface area contributed by atoms with Crippen molar-refractivity contribution in [3.05, 3.63) is 65.6 Å². The maximum atomic E-state index is 12.5. The summed E-state index contributed by atoms with van der Waals surface area (Å²) < 4.78 is 13.0. The summed E-state index contributed by atoms with van der Waals surface area (Å²) in [6.45, 7) is 4.86. The largest absolute Gasteiger partial charge is 0.492 e. The van der Waals surface area contributed by atoms with Crippen molar-refractivity contribution in [1.82, 2.24) is 14.8 Å². The van der Waals surface area contributed by atoms with Gasteiger partial charge < -0.3 is 14.8 Å². The lowest BCUT2D eigenvalue weighted by atomic mass is 10.2. The van der Waals surface area contributed by atoms with E-state index in [0.29, 0.717) is 36.0 Å². The van der Waals surface area contributed by atoms with Crippen LogP contribution in [0.3, 0.4) is 0 Å². The normalized spacial score (nSPS) is 10.7. The van der Waals surface area contributed by atoms with Crippen LogP contribution in [0.1, 0.15) is 24.2 Å². The minimum atomic E-state index is -0.320. The zero-order valence-corrected chi connectivity index (χ0v) is 16.4. The molecule has 1 N–H and O–H groups in total. The molecule has 1 aromatic carbocycles. The number of anilines is 1. The Balaban J connectivity index is 1.60. The van der Waals surface area contributed by atoms with Crippen molar-refractivity contribution in [2.45, 2.75) is 26.5 Å². The third kappa shape index (κ3) is 5.47. The van der Waals surface area contributed by atoms with Gasteiger partial charge in [0.25, 0.3) is 5.91 Å².